The first-order chi connectivity index (χ1) is 12.2. The largest absolute Gasteiger partial charge is 0.361 e. The summed E-state index contributed by atoms with van der Waals surface area (Å²) in [6.07, 6.45) is 5.98. The summed E-state index contributed by atoms with van der Waals surface area (Å²) in [6.45, 7) is 7.06. The third kappa shape index (κ3) is 3.35. The van der Waals surface area contributed by atoms with Gasteiger partial charge < -0.3 is 4.52 Å². The van der Waals surface area contributed by atoms with Crippen molar-refractivity contribution in [2.45, 2.75) is 39.2 Å². The smallest absolute Gasteiger partial charge is 0.141 e. The van der Waals surface area contributed by atoms with Gasteiger partial charge in [0.2, 0.25) is 0 Å². The normalized spacial score (nSPS) is 16.4. The third-order valence-corrected chi connectivity index (χ3v) is 5.06. The van der Waals surface area contributed by atoms with Gasteiger partial charge in [0.05, 0.1) is 5.69 Å². The van der Waals surface area contributed by atoms with E-state index < -0.39 is 0 Å². The van der Waals surface area contributed by atoms with Crippen LogP contribution in [-0.4, -0.2) is 38.3 Å². The van der Waals surface area contributed by atoms with Crippen molar-refractivity contribution in [2.75, 3.05) is 13.1 Å². The van der Waals surface area contributed by atoms with Crippen molar-refractivity contribution in [2.24, 2.45) is 0 Å². The summed E-state index contributed by atoms with van der Waals surface area (Å²) in [7, 11) is 0. The van der Waals surface area contributed by atoms with Crippen molar-refractivity contribution in [3.8, 4) is 11.1 Å². The van der Waals surface area contributed by atoms with Gasteiger partial charge in [0.25, 0.3) is 0 Å². The minimum Gasteiger partial charge on any atom is -0.361 e. The van der Waals surface area contributed by atoms with Gasteiger partial charge >= 0.3 is 0 Å². The monoisotopic (exact) mass is 337 g/mol. The molecule has 1 aliphatic heterocycles. The van der Waals surface area contributed by atoms with Crippen molar-refractivity contribution in [3.63, 3.8) is 0 Å². The van der Waals surface area contributed by atoms with Crippen LogP contribution in [0.2, 0.25) is 0 Å². The highest BCUT2D eigenvalue weighted by atomic mass is 16.5. The highest BCUT2D eigenvalue weighted by Gasteiger charge is 2.23. The first-order valence-electron chi connectivity index (χ1n) is 8.80. The van der Waals surface area contributed by atoms with E-state index in [9.17, 15) is 0 Å². The molecule has 0 bridgehead atoms. The molecule has 4 heterocycles. The summed E-state index contributed by atoms with van der Waals surface area (Å²) in [6, 6.07) is 6.30. The summed E-state index contributed by atoms with van der Waals surface area (Å²) >= 11 is 0. The maximum atomic E-state index is 5.31. The Bertz CT molecular complexity index is 812. The molecule has 25 heavy (non-hydrogen) atoms. The first-order valence-corrected chi connectivity index (χ1v) is 8.80. The zero-order valence-electron chi connectivity index (χ0n) is 14.7. The van der Waals surface area contributed by atoms with E-state index in [1.165, 1.54) is 11.4 Å². The zero-order chi connectivity index (χ0) is 17.2. The second kappa shape index (κ2) is 6.80. The number of nitrogens with one attached hydrogen (secondary N) is 1. The molecule has 0 amide bonds. The Hall–Kier alpha value is -2.47. The molecule has 3 aromatic heterocycles. The molecule has 1 aliphatic rings. The quantitative estimate of drug-likeness (QED) is 0.789. The molecule has 130 valence electrons. The standard InChI is InChI=1S/C19H23N5O/c1-13-19(14(2)25-23-13)16-3-7-20-18(11-16)15-5-9-24(10-6-15)12-17-4-8-21-22-17/h3-4,7-8,11,15H,5-6,9-10,12H2,1-2H3,(H,21,22). The van der Waals surface area contributed by atoms with E-state index >= 15 is 0 Å². The number of aromatic amines is 1. The second-order valence-electron chi connectivity index (χ2n) is 6.80. The molecule has 0 spiro atoms. The number of hydrogen-bond donors (Lipinski definition) is 1. The molecular weight excluding hydrogens is 314 g/mol. The Balaban J connectivity index is 1.46. The predicted molar refractivity (Wildman–Crippen MR) is 95.0 cm³/mol. The number of likely N-dealkylation sites (tertiary alicyclic amines) is 1. The number of H-pyrrole nitrogens is 1. The Kier molecular flexibility index (Phi) is 4.36. The molecule has 0 unspecified atom stereocenters. The van der Waals surface area contributed by atoms with Crippen LogP contribution in [0.15, 0.2) is 35.1 Å². The van der Waals surface area contributed by atoms with E-state index in [4.69, 9.17) is 4.52 Å². The number of piperidine rings is 1. The van der Waals surface area contributed by atoms with Crippen LogP contribution in [0.4, 0.5) is 0 Å². The van der Waals surface area contributed by atoms with Gasteiger partial charge in [-0.2, -0.15) is 5.10 Å². The van der Waals surface area contributed by atoms with Crippen LogP contribution in [-0.2, 0) is 6.54 Å². The van der Waals surface area contributed by atoms with E-state index in [1.54, 1.807) is 0 Å². The highest BCUT2D eigenvalue weighted by molar-refractivity contribution is 5.67. The van der Waals surface area contributed by atoms with Gasteiger partial charge in [-0.1, -0.05) is 5.16 Å². The van der Waals surface area contributed by atoms with Gasteiger partial charge in [-0.25, -0.2) is 0 Å². The second-order valence-corrected chi connectivity index (χ2v) is 6.80. The van der Waals surface area contributed by atoms with Crippen molar-refractivity contribution >= 4 is 0 Å². The van der Waals surface area contributed by atoms with E-state index in [0.717, 1.165) is 55.1 Å². The molecular formula is C19H23N5O. The van der Waals surface area contributed by atoms with Gasteiger partial charge in [-0.3, -0.25) is 15.0 Å². The SMILES string of the molecule is Cc1noc(C)c1-c1ccnc(C2CCN(Cc3ccn[nH]3)CC2)c1. The predicted octanol–water partition coefficient (Wildman–Crippen LogP) is 3.46. The molecule has 0 atom stereocenters. The van der Waals surface area contributed by atoms with E-state index in [1.807, 2.05) is 38.4 Å². The lowest BCUT2D eigenvalue weighted by Crippen LogP contribution is -2.32. The van der Waals surface area contributed by atoms with Crippen molar-refractivity contribution in [3.05, 3.63) is 53.4 Å². The van der Waals surface area contributed by atoms with Crippen molar-refractivity contribution in [1.29, 1.82) is 0 Å². The van der Waals surface area contributed by atoms with Crippen LogP contribution in [0, 0.1) is 13.8 Å². The lowest BCUT2D eigenvalue weighted by atomic mass is 9.91. The zero-order valence-corrected chi connectivity index (χ0v) is 14.7. The highest BCUT2D eigenvalue weighted by Crippen LogP contribution is 2.32. The Morgan fingerprint density at radius 3 is 2.72 bits per heavy atom. The van der Waals surface area contributed by atoms with Crippen LogP contribution < -0.4 is 0 Å². The molecule has 1 N–H and O–H groups in total. The number of hydrogen-bond acceptors (Lipinski definition) is 5. The molecule has 0 saturated carbocycles. The average Bonchev–Trinajstić information content (AvgIpc) is 3.25. The summed E-state index contributed by atoms with van der Waals surface area (Å²) in [5.74, 6) is 1.38. The molecule has 1 saturated heterocycles. The van der Waals surface area contributed by atoms with Gasteiger partial charge in [0.1, 0.15) is 5.76 Å². The number of nitrogens with zero attached hydrogens (tertiary/aromatic N) is 4. The third-order valence-electron chi connectivity index (χ3n) is 5.06. The van der Waals surface area contributed by atoms with Crippen LogP contribution >= 0.6 is 0 Å². The summed E-state index contributed by atoms with van der Waals surface area (Å²) in [5, 5.41) is 11.1. The Morgan fingerprint density at radius 2 is 2.04 bits per heavy atom. The minimum absolute atomic E-state index is 0.512. The van der Waals surface area contributed by atoms with Crippen molar-refractivity contribution in [1.82, 2.24) is 25.2 Å². The number of pyridine rings is 1. The summed E-state index contributed by atoms with van der Waals surface area (Å²) in [4.78, 5) is 7.12. The molecule has 3 aromatic rings. The lowest BCUT2D eigenvalue weighted by Gasteiger charge is -2.31. The van der Waals surface area contributed by atoms with Gasteiger partial charge in [0, 0.05) is 41.8 Å². The lowest BCUT2D eigenvalue weighted by molar-refractivity contribution is 0.201. The van der Waals surface area contributed by atoms with Gasteiger partial charge in [0.15, 0.2) is 0 Å². The van der Waals surface area contributed by atoms with Crippen LogP contribution in [0.5, 0.6) is 0 Å². The van der Waals surface area contributed by atoms with E-state index in [-0.39, 0.29) is 0 Å². The number of rotatable bonds is 4. The van der Waals surface area contributed by atoms with Crippen LogP contribution in [0.25, 0.3) is 11.1 Å². The topological polar surface area (TPSA) is 70.8 Å². The average molecular weight is 337 g/mol. The molecule has 4 rings (SSSR count). The summed E-state index contributed by atoms with van der Waals surface area (Å²) in [5.41, 5.74) is 5.54. The van der Waals surface area contributed by atoms with Gasteiger partial charge in [-0.15, -0.1) is 0 Å². The van der Waals surface area contributed by atoms with Crippen molar-refractivity contribution < 1.29 is 4.52 Å². The maximum Gasteiger partial charge on any atom is 0.141 e. The fraction of sp³-hybridized carbons (Fsp3) is 0.421. The van der Waals surface area contributed by atoms with Crippen LogP contribution in [0.1, 0.15) is 41.6 Å². The maximum absolute atomic E-state index is 5.31. The first kappa shape index (κ1) is 16.0. The molecule has 0 aromatic carbocycles. The molecule has 6 nitrogen and oxygen atoms in total. The van der Waals surface area contributed by atoms with E-state index in [0.29, 0.717) is 5.92 Å². The molecule has 0 radical (unpaired) electrons. The van der Waals surface area contributed by atoms with Crippen LogP contribution in [0.3, 0.4) is 0 Å². The summed E-state index contributed by atoms with van der Waals surface area (Å²) < 4.78 is 5.31. The number of aromatic nitrogens is 4. The molecule has 0 aliphatic carbocycles. The molecule has 1 fully saturated rings. The Labute approximate surface area is 147 Å². The van der Waals surface area contributed by atoms with Gasteiger partial charge in [-0.05, 0) is 63.5 Å². The van der Waals surface area contributed by atoms with E-state index in [2.05, 4.69) is 31.3 Å². The fourth-order valence-corrected chi connectivity index (χ4v) is 3.72. The fourth-order valence-electron chi connectivity index (χ4n) is 3.72. The number of aryl methyl sites for hydroxylation is 2. The Morgan fingerprint density at radius 1 is 1.20 bits per heavy atom. The molecule has 6 heteroatoms. The minimum atomic E-state index is 0.512.